The smallest absolute Gasteiger partial charge is 0.230 e. The zero-order valence-corrected chi connectivity index (χ0v) is 14.5. The third kappa shape index (κ3) is 4.62. The highest BCUT2D eigenvalue weighted by Crippen LogP contribution is 2.30. The largest absolute Gasteiger partial charge is 0.464 e. The van der Waals surface area contributed by atoms with Crippen LogP contribution in [0.3, 0.4) is 0 Å². The molecule has 2 aromatic rings. The molecule has 1 atom stereocenters. The lowest BCUT2D eigenvalue weighted by atomic mass is 10.2. The number of thioether (sulfide) groups is 1. The molecule has 124 valence electrons. The van der Waals surface area contributed by atoms with Gasteiger partial charge in [-0.2, -0.15) is 0 Å². The van der Waals surface area contributed by atoms with Crippen molar-refractivity contribution in [3.63, 3.8) is 0 Å². The Hall–Kier alpha value is -1.24. The van der Waals surface area contributed by atoms with Crippen LogP contribution in [-0.2, 0) is 4.79 Å². The average Bonchev–Trinajstić information content (AvgIpc) is 3.31. The third-order valence-electron chi connectivity index (χ3n) is 4.00. The summed E-state index contributed by atoms with van der Waals surface area (Å²) < 4.78 is 5.34. The summed E-state index contributed by atoms with van der Waals surface area (Å²) in [6, 6.07) is 5.64. The summed E-state index contributed by atoms with van der Waals surface area (Å²) in [5.41, 5.74) is 0.956. The number of furan rings is 1. The number of amides is 1. The molecule has 1 aliphatic rings. The number of nitrogens with one attached hydrogen (secondary N) is 1. The summed E-state index contributed by atoms with van der Waals surface area (Å²) in [7, 11) is 0. The molecule has 0 saturated heterocycles. The topological polar surface area (TPSA) is 62.5 Å². The second-order valence-corrected chi connectivity index (χ2v) is 7.98. The van der Waals surface area contributed by atoms with Crippen molar-refractivity contribution in [2.75, 3.05) is 12.3 Å². The van der Waals surface area contributed by atoms with Crippen LogP contribution in [0.5, 0.6) is 0 Å². The molecule has 0 aromatic carbocycles. The van der Waals surface area contributed by atoms with E-state index in [9.17, 15) is 9.90 Å². The van der Waals surface area contributed by atoms with Gasteiger partial charge < -0.3 is 14.8 Å². The molecule has 2 heterocycles. The maximum Gasteiger partial charge on any atom is 0.230 e. The van der Waals surface area contributed by atoms with E-state index < -0.39 is 6.10 Å². The van der Waals surface area contributed by atoms with Gasteiger partial charge in [0.15, 0.2) is 0 Å². The second kappa shape index (κ2) is 8.04. The first kappa shape index (κ1) is 16.6. The number of hydrogen-bond acceptors (Lipinski definition) is 5. The van der Waals surface area contributed by atoms with E-state index in [2.05, 4.69) is 5.32 Å². The Morgan fingerprint density at radius 3 is 3.04 bits per heavy atom. The van der Waals surface area contributed by atoms with Gasteiger partial charge in [-0.3, -0.25) is 4.79 Å². The van der Waals surface area contributed by atoms with Crippen molar-refractivity contribution in [1.82, 2.24) is 5.32 Å². The highest BCUT2D eigenvalue weighted by atomic mass is 32.2. The Labute approximate surface area is 144 Å². The Balaban J connectivity index is 1.43. The lowest BCUT2D eigenvalue weighted by Crippen LogP contribution is -2.30. The van der Waals surface area contributed by atoms with Gasteiger partial charge in [-0.15, -0.1) is 23.1 Å². The van der Waals surface area contributed by atoms with Gasteiger partial charge in [-0.25, -0.2) is 0 Å². The number of carbonyl (C=O) groups is 1. The fourth-order valence-electron chi connectivity index (χ4n) is 2.71. The van der Waals surface area contributed by atoms with Gasteiger partial charge in [-0.05, 0) is 31.0 Å². The molecule has 0 bridgehead atoms. The summed E-state index contributed by atoms with van der Waals surface area (Å²) in [5.74, 6) is 1.28. The quantitative estimate of drug-likeness (QED) is 0.796. The molecule has 23 heavy (non-hydrogen) atoms. The zero-order valence-electron chi connectivity index (χ0n) is 12.9. The van der Waals surface area contributed by atoms with Crippen LogP contribution in [0.25, 0.3) is 11.3 Å². The predicted octanol–water partition coefficient (Wildman–Crippen LogP) is 3.83. The molecule has 1 fully saturated rings. The van der Waals surface area contributed by atoms with E-state index in [1.165, 1.54) is 37.0 Å². The minimum absolute atomic E-state index is 0.00349. The minimum atomic E-state index is -0.677. The number of aliphatic hydroxyl groups is 1. The number of rotatable bonds is 7. The van der Waals surface area contributed by atoms with Crippen LogP contribution in [0.15, 0.2) is 34.3 Å². The van der Waals surface area contributed by atoms with E-state index in [-0.39, 0.29) is 12.5 Å². The van der Waals surface area contributed by atoms with Crippen LogP contribution >= 0.6 is 23.1 Å². The van der Waals surface area contributed by atoms with E-state index in [0.717, 1.165) is 16.2 Å². The normalized spacial score (nSPS) is 16.6. The highest BCUT2D eigenvalue weighted by molar-refractivity contribution is 8.00. The van der Waals surface area contributed by atoms with E-state index in [4.69, 9.17) is 4.42 Å². The first-order valence-electron chi connectivity index (χ1n) is 7.91. The van der Waals surface area contributed by atoms with E-state index >= 15 is 0 Å². The summed E-state index contributed by atoms with van der Waals surface area (Å²) in [6.07, 6.45) is 5.98. The Bertz CT molecular complexity index is 618. The first-order chi connectivity index (χ1) is 11.2. The van der Waals surface area contributed by atoms with Crippen molar-refractivity contribution in [3.05, 3.63) is 34.7 Å². The maximum absolute atomic E-state index is 11.9. The van der Waals surface area contributed by atoms with Crippen molar-refractivity contribution >= 4 is 29.0 Å². The summed E-state index contributed by atoms with van der Waals surface area (Å²) in [5, 5.41) is 15.6. The van der Waals surface area contributed by atoms with Gasteiger partial charge in [0.25, 0.3) is 0 Å². The molecule has 0 spiro atoms. The van der Waals surface area contributed by atoms with Gasteiger partial charge in [0.1, 0.15) is 11.9 Å². The van der Waals surface area contributed by atoms with Crippen molar-refractivity contribution in [3.8, 4) is 11.3 Å². The van der Waals surface area contributed by atoms with Crippen molar-refractivity contribution in [2.24, 2.45) is 0 Å². The van der Waals surface area contributed by atoms with Gasteiger partial charge in [0, 0.05) is 27.6 Å². The molecule has 1 aliphatic carbocycles. The molecule has 1 saturated carbocycles. The Morgan fingerprint density at radius 2 is 2.30 bits per heavy atom. The molecule has 4 nitrogen and oxygen atoms in total. The van der Waals surface area contributed by atoms with Crippen LogP contribution in [0.4, 0.5) is 0 Å². The van der Waals surface area contributed by atoms with Gasteiger partial charge >= 0.3 is 0 Å². The Morgan fingerprint density at radius 1 is 1.48 bits per heavy atom. The van der Waals surface area contributed by atoms with Crippen LogP contribution < -0.4 is 5.32 Å². The molecule has 3 rings (SSSR count). The molecule has 6 heteroatoms. The highest BCUT2D eigenvalue weighted by Gasteiger charge is 2.17. The van der Waals surface area contributed by atoms with Crippen LogP contribution in [0, 0.1) is 0 Å². The number of thiophene rings is 1. The zero-order chi connectivity index (χ0) is 16.1. The number of hydrogen-bond donors (Lipinski definition) is 2. The lowest BCUT2D eigenvalue weighted by molar-refractivity contribution is -0.119. The fourth-order valence-corrected chi connectivity index (χ4v) is 4.75. The van der Waals surface area contributed by atoms with E-state index in [1.807, 2.05) is 23.6 Å². The van der Waals surface area contributed by atoms with Crippen LogP contribution in [0.1, 0.15) is 36.7 Å². The lowest BCUT2D eigenvalue weighted by Gasteiger charge is -2.11. The number of carbonyl (C=O) groups excluding carboxylic acids is 1. The molecular formula is C17H21NO3S2. The SMILES string of the molecule is O=C(CSC1CCCC1)NCC(O)c1cc(-c2ccco2)cs1. The van der Waals surface area contributed by atoms with Gasteiger partial charge in [-0.1, -0.05) is 12.8 Å². The molecule has 0 radical (unpaired) electrons. The molecule has 0 aliphatic heterocycles. The summed E-state index contributed by atoms with van der Waals surface area (Å²) in [6.45, 7) is 0.252. The molecule has 1 amide bonds. The standard InChI is InChI=1S/C17H21NO3S2/c19-14(9-18-17(20)11-22-13-4-1-2-5-13)16-8-12(10-23-16)15-6-3-7-21-15/h3,6-8,10,13-14,19H,1-2,4-5,9,11H2,(H,18,20). The van der Waals surface area contributed by atoms with Gasteiger partial charge in [0.2, 0.25) is 5.91 Å². The average molecular weight is 351 g/mol. The summed E-state index contributed by atoms with van der Waals surface area (Å²) in [4.78, 5) is 12.7. The Kier molecular flexibility index (Phi) is 5.80. The fraction of sp³-hybridized carbons (Fsp3) is 0.471. The van der Waals surface area contributed by atoms with Crippen LogP contribution in [0.2, 0.25) is 0 Å². The summed E-state index contributed by atoms with van der Waals surface area (Å²) >= 11 is 3.21. The van der Waals surface area contributed by atoms with Crippen molar-refractivity contribution in [2.45, 2.75) is 37.0 Å². The predicted molar refractivity (Wildman–Crippen MR) is 94.7 cm³/mol. The van der Waals surface area contributed by atoms with Crippen molar-refractivity contribution in [1.29, 1.82) is 0 Å². The van der Waals surface area contributed by atoms with Crippen LogP contribution in [-0.4, -0.2) is 28.6 Å². The maximum atomic E-state index is 11.9. The monoisotopic (exact) mass is 351 g/mol. The third-order valence-corrected chi connectivity index (χ3v) is 6.40. The first-order valence-corrected chi connectivity index (χ1v) is 9.84. The van der Waals surface area contributed by atoms with E-state index in [1.54, 1.807) is 18.0 Å². The molecule has 2 aromatic heterocycles. The van der Waals surface area contributed by atoms with Gasteiger partial charge in [0.05, 0.1) is 12.0 Å². The molecule has 2 N–H and O–H groups in total. The molecule has 1 unspecified atom stereocenters. The number of aliphatic hydroxyl groups excluding tert-OH is 1. The minimum Gasteiger partial charge on any atom is -0.464 e. The van der Waals surface area contributed by atoms with E-state index in [0.29, 0.717) is 11.0 Å². The second-order valence-electron chi connectivity index (χ2n) is 5.75. The molecular weight excluding hydrogens is 330 g/mol. The van der Waals surface area contributed by atoms with Crippen molar-refractivity contribution < 1.29 is 14.3 Å².